The molecule has 78 valence electrons. The van der Waals surface area contributed by atoms with E-state index in [4.69, 9.17) is 4.74 Å². The third kappa shape index (κ3) is 1.52. The van der Waals surface area contributed by atoms with Gasteiger partial charge in [-0.05, 0) is 6.07 Å². The molecule has 2 heterocycles. The number of aromatic amines is 1. The van der Waals surface area contributed by atoms with Gasteiger partial charge in [0.2, 0.25) is 5.88 Å². The third-order valence-electron chi connectivity index (χ3n) is 2.12. The molecule has 0 radical (unpaired) electrons. The van der Waals surface area contributed by atoms with Crippen LogP contribution in [0.15, 0.2) is 18.3 Å². The van der Waals surface area contributed by atoms with Gasteiger partial charge in [0.1, 0.15) is 5.65 Å². The van der Waals surface area contributed by atoms with Crippen molar-refractivity contribution in [1.82, 2.24) is 9.97 Å². The predicted octanol–water partition coefficient (Wildman–Crippen LogP) is 1.36. The molecule has 0 bridgehead atoms. The minimum Gasteiger partial charge on any atom is -0.481 e. The molecule has 0 amide bonds. The highest BCUT2D eigenvalue weighted by atomic mass is 16.5. The first kappa shape index (κ1) is 9.51. The summed E-state index contributed by atoms with van der Waals surface area (Å²) in [4.78, 5) is 18.5. The van der Waals surface area contributed by atoms with E-state index in [0.717, 1.165) is 5.39 Å². The topological polar surface area (TPSA) is 64.2 Å². The predicted molar refractivity (Wildman–Crippen MR) is 54.0 cm³/mol. The molecule has 0 saturated carbocycles. The molecule has 5 heteroatoms. The molecule has 0 aliphatic rings. The first-order valence-electron chi connectivity index (χ1n) is 4.36. The number of fused-ring (bicyclic) bond motifs is 1. The number of hydrogen-bond donors (Lipinski definition) is 1. The van der Waals surface area contributed by atoms with Crippen molar-refractivity contribution >= 4 is 17.0 Å². The molecule has 0 aliphatic heterocycles. The Morgan fingerprint density at radius 1 is 1.47 bits per heavy atom. The van der Waals surface area contributed by atoms with Crippen LogP contribution in [0.5, 0.6) is 5.88 Å². The van der Waals surface area contributed by atoms with Crippen LogP contribution in [0.25, 0.3) is 11.0 Å². The fourth-order valence-corrected chi connectivity index (χ4v) is 1.40. The minimum absolute atomic E-state index is 0.380. The van der Waals surface area contributed by atoms with Crippen molar-refractivity contribution in [2.24, 2.45) is 0 Å². The summed E-state index contributed by atoms with van der Waals surface area (Å²) >= 11 is 0. The maximum Gasteiger partial charge on any atom is 0.338 e. The number of hydrogen-bond acceptors (Lipinski definition) is 4. The van der Waals surface area contributed by atoms with E-state index in [-0.39, 0.29) is 0 Å². The standard InChI is InChI=1S/C10H10N2O3/c1-14-8-5-7(10(13)15-2)6-3-4-11-9(6)12-8/h3-5H,1-2H3,(H,11,12). The molecular weight excluding hydrogens is 196 g/mol. The second-order valence-electron chi connectivity index (χ2n) is 2.94. The molecule has 0 fully saturated rings. The molecule has 2 rings (SSSR count). The largest absolute Gasteiger partial charge is 0.481 e. The second kappa shape index (κ2) is 3.61. The number of aromatic nitrogens is 2. The van der Waals surface area contributed by atoms with Gasteiger partial charge in [0.05, 0.1) is 19.8 Å². The van der Waals surface area contributed by atoms with E-state index in [9.17, 15) is 4.79 Å². The lowest BCUT2D eigenvalue weighted by molar-refractivity contribution is 0.0602. The molecule has 2 aromatic heterocycles. The fourth-order valence-electron chi connectivity index (χ4n) is 1.40. The van der Waals surface area contributed by atoms with Gasteiger partial charge in [0.25, 0.3) is 0 Å². The van der Waals surface area contributed by atoms with Crippen LogP contribution >= 0.6 is 0 Å². The Hall–Kier alpha value is -2.04. The number of pyridine rings is 1. The van der Waals surface area contributed by atoms with Gasteiger partial charge >= 0.3 is 5.97 Å². The van der Waals surface area contributed by atoms with E-state index >= 15 is 0 Å². The van der Waals surface area contributed by atoms with Crippen LogP contribution in [-0.4, -0.2) is 30.2 Å². The number of nitrogens with one attached hydrogen (secondary N) is 1. The molecule has 0 saturated heterocycles. The number of carbonyl (C=O) groups excluding carboxylic acids is 1. The van der Waals surface area contributed by atoms with Crippen molar-refractivity contribution in [2.75, 3.05) is 14.2 Å². The van der Waals surface area contributed by atoms with E-state index in [1.807, 2.05) is 0 Å². The molecule has 0 unspecified atom stereocenters. The lowest BCUT2D eigenvalue weighted by Crippen LogP contribution is -2.03. The van der Waals surface area contributed by atoms with Crippen LogP contribution in [0.3, 0.4) is 0 Å². The highest BCUT2D eigenvalue weighted by Crippen LogP contribution is 2.21. The summed E-state index contributed by atoms with van der Waals surface area (Å²) in [6.07, 6.45) is 1.71. The van der Waals surface area contributed by atoms with E-state index in [0.29, 0.717) is 17.1 Å². The van der Waals surface area contributed by atoms with Gasteiger partial charge in [0.15, 0.2) is 0 Å². The van der Waals surface area contributed by atoms with Crippen molar-refractivity contribution in [3.63, 3.8) is 0 Å². The molecule has 0 aromatic carbocycles. The molecule has 1 N–H and O–H groups in total. The molecule has 5 nitrogen and oxygen atoms in total. The number of ether oxygens (including phenoxy) is 2. The summed E-state index contributed by atoms with van der Waals surface area (Å²) in [5, 5.41) is 0.725. The number of carbonyl (C=O) groups is 1. The second-order valence-corrected chi connectivity index (χ2v) is 2.94. The van der Waals surface area contributed by atoms with Crippen molar-refractivity contribution in [3.05, 3.63) is 23.9 Å². The van der Waals surface area contributed by atoms with Crippen LogP contribution in [-0.2, 0) is 4.74 Å². The third-order valence-corrected chi connectivity index (χ3v) is 2.12. The highest BCUT2D eigenvalue weighted by molar-refractivity contribution is 6.03. The van der Waals surface area contributed by atoms with Crippen molar-refractivity contribution in [3.8, 4) is 5.88 Å². The Morgan fingerprint density at radius 3 is 2.93 bits per heavy atom. The van der Waals surface area contributed by atoms with Gasteiger partial charge in [-0.3, -0.25) is 0 Å². The Morgan fingerprint density at radius 2 is 2.27 bits per heavy atom. The first-order valence-corrected chi connectivity index (χ1v) is 4.36. The Labute approximate surface area is 86.0 Å². The van der Waals surface area contributed by atoms with Crippen molar-refractivity contribution < 1.29 is 14.3 Å². The summed E-state index contributed by atoms with van der Waals surface area (Å²) in [6.45, 7) is 0. The number of H-pyrrole nitrogens is 1. The van der Waals surface area contributed by atoms with E-state index < -0.39 is 5.97 Å². The highest BCUT2D eigenvalue weighted by Gasteiger charge is 2.14. The van der Waals surface area contributed by atoms with Gasteiger partial charge in [-0.1, -0.05) is 0 Å². The molecular formula is C10H10N2O3. The van der Waals surface area contributed by atoms with Crippen LogP contribution < -0.4 is 4.74 Å². The van der Waals surface area contributed by atoms with Crippen molar-refractivity contribution in [2.45, 2.75) is 0 Å². The monoisotopic (exact) mass is 206 g/mol. The number of rotatable bonds is 2. The maximum atomic E-state index is 11.5. The van der Waals surface area contributed by atoms with Crippen molar-refractivity contribution in [1.29, 1.82) is 0 Å². The number of nitrogens with zero attached hydrogens (tertiary/aromatic N) is 1. The van der Waals surface area contributed by atoms with Crippen LogP contribution in [0, 0.1) is 0 Å². The van der Waals surface area contributed by atoms with Gasteiger partial charge in [0, 0.05) is 17.6 Å². The van der Waals surface area contributed by atoms with Crippen LogP contribution in [0.4, 0.5) is 0 Å². The average molecular weight is 206 g/mol. The SMILES string of the molecule is COC(=O)c1cc(OC)nc2[nH]ccc12. The summed E-state index contributed by atoms with van der Waals surface area (Å²) in [6, 6.07) is 3.33. The summed E-state index contributed by atoms with van der Waals surface area (Å²) in [7, 11) is 2.84. The Bertz CT molecular complexity index is 504. The molecule has 0 spiro atoms. The lowest BCUT2D eigenvalue weighted by atomic mass is 10.2. The van der Waals surface area contributed by atoms with Gasteiger partial charge in [-0.2, -0.15) is 4.98 Å². The molecule has 15 heavy (non-hydrogen) atoms. The van der Waals surface area contributed by atoms with Crippen LogP contribution in [0.1, 0.15) is 10.4 Å². The van der Waals surface area contributed by atoms with E-state index in [2.05, 4.69) is 14.7 Å². The number of methoxy groups -OCH3 is 2. The molecule has 0 atom stereocenters. The van der Waals surface area contributed by atoms with Gasteiger partial charge < -0.3 is 14.5 Å². The smallest absolute Gasteiger partial charge is 0.338 e. The van der Waals surface area contributed by atoms with Gasteiger partial charge in [-0.25, -0.2) is 4.79 Å². The lowest BCUT2D eigenvalue weighted by Gasteiger charge is -2.03. The summed E-state index contributed by atoms with van der Waals surface area (Å²) < 4.78 is 9.67. The summed E-state index contributed by atoms with van der Waals surface area (Å²) in [5.74, 6) is -0.0225. The zero-order valence-corrected chi connectivity index (χ0v) is 8.40. The Balaban J connectivity index is 2.68. The minimum atomic E-state index is -0.402. The normalized spacial score (nSPS) is 10.3. The summed E-state index contributed by atoms with van der Waals surface area (Å²) in [5.41, 5.74) is 1.05. The average Bonchev–Trinajstić information content (AvgIpc) is 2.74. The quantitative estimate of drug-likeness (QED) is 0.753. The maximum absolute atomic E-state index is 11.5. The molecule has 0 aliphatic carbocycles. The van der Waals surface area contributed by atoms with E-state index in [1.54, 1.807) is 18.3 Å². The Kier molecular flexibility index (Phi) is 2.29. The molecule has 2 aromatic rings. The zero-order chi connectivity index (χ0) is 10.8. The van der Waals surface area contributed by atoms with Gasteiger partial charge in [-0.15, -0.1) is 0 Å². The van der Waals surface area contributed by atoms with Crippen LogP contribution in [0.2, 0.25) is 0 Å². The number of esters is 1. The zero-order valence-electron chi connectivity index (χ0n) is 8.40. The van der Waals surface area contributed by atoms with E-state index in [1.165, 1.54) is 14.2 Å². The fraction of sp³-hybridized carbons (Fsp3) is 0.200. The first-order chi connectivity index (χ1) is 7.26.